The number of benzene rings is 3. The highest BCUT2D eigenvalue weighted by Gasteiger charge is 2.31. The van der Waals surface area contributed by atoms with Crippen molar-refractivity contribution in [3.8, 4) is 22.8 Å². The number of fused-ring (bicyclic) bond motifs is 3. The van der Waals surface area contributed by atoms with Crippen LogP contribution >= 0.6 is 11.6 Å². The number of aromatic nitrogens is 2. The van der Waals surface area contributed by atoms with Crippen molar-refractivity contribution in [2.45, 2.75) is 13.2 Å². The van der Waals surface area contributed by atoms with Gasteiger partial charge < -0.3 is 19.5 Å². The first kappa shape index (κ1) is 27.1. The first-order valence-corrected chi connectivity index (χ1v) is 12.4. The summed E-state index contributed by atoms with van der Waals surface area (Å²) in [6, 6.07) is 12.3. The van der Waals surface area contributed by atoms with E-state index in [9.17, 15) is 22.8 Å². The number of halogens is 4. The number of amides is 1. The minimum atomic E-state index is -1.50. The summed E-state index contributed by atoms with van der Waals surface area (Å²) in [6.45, 7) is -0.729. The highest BCUT2D eigenvalue weighted by molar-refractivity contribution is 6.31. The van der Waals surface area contributed by atoms with E-state index in [4.69, 9.17) is 26.2 Å². The van der Waals surface area contributed by atoms with Crippen molar-refractivity contribution in [2.75, 3.05) is 13.2 Å². The van der Waals surface area contributed by atoms with Gasteiger partial charge in [-0.05, 0) is 36.4 Å². The molecule has 1 aromatic heterocycles. The molecule has 1 aliphatic heterocycles. The molecular weight excluding hydrogens is 551 g/mol. The van der Waals surface area contributed by atoms with Crippen LogP contribution in [0.4, 0.5) is 13.2 Å². The van der Waals surface area contributed by atoms with Gasteiger partial charge in [0.2, 0.25) is 0 Å². The maximum absolute atomic E-state index is 14.5. The maximum atomic E-state index is 14.5. The summed E-state index contributed by atoms with van der Waals surface area (Å²) >= 11 is 6.18. The minimum absolute atomic E-state index is 0.0509. The van der Waals surface area contributed by atoms with Gasteiger partial charge in [-0.15, -0.1) is 0 Å². The van der Waals surface area contributed by atoms with Gasteiger partial charge in [-0.25, -0.2) is 18.0 Å². The van der Waals surface area contributed by atoms with Crippen molar-refractivity contribution in [2.24, 2.45) is 7.05 Å². The molecule has 3 aromatic carbocycles. The molecule has 0 unspecified atom stereocenters. The lowest BCUT2D eigenvalue weighted by molar-refractivity contribution is 0.0686. The summed E-state index contributed by atoms with van der Waals surface area (Å²) in [5.41, 5.74) is 1.48. The molecular formula is C28H21ClF3N3O5. The maximum Gasteiger partial charge on any atom is 0.335 e. The monoisotopic (exact) mass is 571 g/mol. The van der Waals surface area contributed by atoms with Crippen molar-refractivity contribution in [3.05, 3.63) is 99.5 Å². The zero-order valence-corrected chi connectivity index (χ0v) is 21.7. The predicted molar refractivity (Wildman–Crippen MR) is 138 cm³/mol. The Bertz CT molecular complexity index is 1620. The number of nitrogens with zero attached hydrogens (tertiary/aromatic N) is 3. The van der Waals surface area contributed by atoms with Crippen LogP contribution in [0.15, 0.2) is 54.6 Å². The summed E-state index contributed by atoms with van der Waals surface area (Å²) in [6.07, 6.45) is 0. The van der Waals surface area contributed by atoms with Crippen LogP contribution in [0, 0.1) is 17.5 Å². The van der Waals surface area contributed by atoms with Gasteiger partial charge in [-0.1, -0.05) is 29.8 Å². The molecule has 1 N–H and O–H groups in total. The molecule has 8 nitrogen and oxygen atoms in total. The highest BCUT2D eigenvalue weighted by Crippen LogP contribution is 2.40. The molecule has 0 aliphatic carbocycles. The molecule has 0 fully saturated rings. The van der Waals surface area contributed by atoms with Gasteiger partial charge in [-0.2, -0.15) is 5.10 Å². The third-order valence-corrected chi connectivity index (χ3v) is 6.61. The van der Waals surface area contributed by atoms with E-state index in [1.54, 1.807) is 31.3 Å². The molecule has 1 amide bonds. The fourth-order valence-corrected chi connectivity index (χ4v) is 4.66. The zero-order valence-electron chi connectivity index (χ0n) is 21.0. The van der Waals surface area contributed by atoms with Gasteiger partial charge in [0.15, 0.2) is 23.1 Å². The highest BCUT2D eigenvalue weighted by atomic mass is 35.5. The van der Waals surface area contributed by atoms with E-state index in [2.05, 4.69) is 5.10 Å². The number of hydrogen-bond donors (Lipinski definition) is 1. The Morgan fingerprint density at radius 3 is 2.52 bits per heavy atom. The molecule has 0 saturated carbocycles. The van der Waals surface area contributed by atoms with Gasteiger partial charge in [0.25, 0.3) is 5.91 Å². The van der Waals surface area contributed by atoms with Crippen molar-refractivity contribution in [1.82, 2.24) is 14.7 Å². The fourth-order valence-electron chi connectivity index (χ4n) is 4.49. The van der Waals surface area contributed by atoms with Gasteiger partial charge in [0.1, 0.15) is 24.8 Å². The van der Waals surface area contributed by atoms with E-state index in [1.807, 2.05) is 0 Å². The van der Waals surface area contributed by atoms with Gasteiger partial charge in [-0.3, -0.25) is 9.48 Å². The smallest absolute Gasteiger partial charge is 0.335 e. The van der Waals surface area contributed by atoms with Crippen LogP contribution in [0.25, 0.3) is 11.3 Å². The Hall–Kier alpha value is -4.51. The van der Waals surface area contributed by atoms with E-state index in [-0.39, 0.29) is 37.6 Å². The van der Waals surface area contributed by atoms with Crippen molar-refractivity contribution < 1.29 is 37.3 Å². The minimum Gasteiger partial charge on any atom is -0.488 e. The Morgan fingerprint density at radius 1 is 1.10 bits per heavy atom. The second-order valence-electron chi connectivity index (χ2n) is 8.97. The molecule has 12 heteroatoms. The number of rotatable bonds is 8. The molecule has 1 aliphatic rings. The Morgan fingerprint density at radius 2 is 1.82 bits per heavy atom. The van der Waals surface area contributed by atoms with E-state index >= 15 is 0 Å². The van der Waals surface area contributed by atoms with Crippen molar-refractivity contribution >= 4 is 23.5 Å². The standard InChI is InChI=1S/C28H21ClF3N3O5/c1-34-25-18-12-17(29)6-7-23(18)40-14-19(25)24(33-34)27(36)35(13-15-4-2-3-5-20(15)30)8-9-39-26-21(31)10-16(28(37)38)11-22(26)32/h2-7,10-12H,8-9,13-14H2,1H3,(H,37,38). The lowest BCUT2D eigenvalue weighted by Gasteiger charge is -2.24. The van der Waals surface area contributed by atoms with Crippen molar-refractivity contribution in [3.63, 3.8) is 0 Å². The third kappa shape index (κ3) is 5.20. The molecule has 0 radical (unpaired) electrons. The Balaban J connectivity index is 1.44. The molecule has 4 aromatic rings. The molecule has 0 saturated heterocycles. The summed E-state index contributed by atoms with van der Waals surface area (Å²) < 4.78 is 55.9. The number of ether oxygens (including phenoxy) is 2. The summed E-state index contributed by atoms with van der Waals surface area (Å²) in [5.74, 6) is -5.26. The van der Waals surface area contributed by atoms with Gasteiger partial charge in [0.05, 0.1) is 17.8 Å². The number of aryl methyl sites for hydroxylation is 1. The quantitative estimate of drug-likeness (QED) is 0.301. The summed E-state index contributed by atoms with van der Waals surface area (Å²) in [5, 5.41) is 13.9. The number of carboxylic acid groups (broad SMARTS) is 1. The number of carbonyl (C=O) groups excluding carboxylic acids is 1. The lowest BCUT2D eigenvalue weighted by Crippen LogP contribution is -2.35. The predicted octanol–water partition coefficient (Wildman–Crippen LogP) is 5.47. The number of carbonyl (C=O) groups is 2. The van der Waals surface area contributed by atoms with Crippen LogP contribution in [0.1, 0.15) is 32.0 Å². The first-order valence-electron chi connectivity index (χ1n) is 12.0. The number of carboxylic acids is 1. The number of aromatic carboxylic acids is 1. The average Bonchev–Trinajstić information content (AvgIpc) is 3.26. The molecule has 0 bridgehead atoms. The molecule has 5 rings (SSSR count). The van der Waals surface area contributed by atoms with E-state index in [0.29, 0.717) is 39.7 Å². The third-order valence-electron chi connectivity index (χ3n) is 6.38. The van der Waals surface area contributed by atoms with Crippen LogP contribution < -0.4 is 9.47 Å². The van der Waals surface area contributed by atoms with E-state index in [1.165, 1.54) is 27.8 Å². The topological polar surface area (TPSA) is 93.9 Å². The van der Waals surface area contributed by atoms with E-state index in [0.717, 1.165) is 0 Å². The van der Waals surface area contributed by atoms with Crippen molar-refractivity contribution in [1.29, 1.82) is 0 Å². The van der Waals surface area contributed by atoms with Crippen LogP contribution in [0.5, 0.6) is 11.5 Å². The zero-order chi connectivity index (χ0) is 28.6. The molecule has 2 heterocycles. The summed E-state index contributed by atoms with van der Waals surface area (Å²) in [7, 11) is 1.67. The first-order chi connectivity index (χ1) is 19.1. The normalized spacial score (nSPS) is 11.8. The second kappa shape index (κ2) is 10.9. The van der Waals surface area contributed by atoms with Crippen LogP contribution in [-0.2, 0) is 20.2 Å². The molecule has 40 heavy (non-hydrogen) atoms. The van der Waals surface area contributed by atoms with Gasteiger partial charge >= 0.3 is 5.97 Å². The number of hydrogen-bond acceptors (Lipinski definition) is 5. The Kier molecular flexibility index (Phi) is 7.40. The second-order valence-corrected chi connectivity index (χ2v) is 9.41. The van der Waals surface area contributed by atoms with Crippen LogP contribution in [-0.4, -0.2) is 44.8 Å². The molecule has 0 atom stereocenters. The summed E-state index contributed by atoms with van der Waals surface area (Å²) in [4.78, 5) is 26.1. The molecule has 0 spiro atoms. The van der Waals surface area contributed by atoms with Crippen LogP contribution in [0.3, 0.4) is 0 Å². The van der Waals surface area contributed by atoms with Gasteiger partial charge in [0, 0.05) is 35.3 Å². The largest absolute Gasteiger partial charge is 0.488 e. The van der Waals surface area contributed by atoms with Crippen LogP contribution in [0.2, 0.25) is 5.02 Å². The Labute approximate surface area is 231 Å². The SMILES string of the molecule is Cn1nc(C(=O)N(CCOc2c(F)cc(C(=O)O)cc2F)Cc2ccccc2F)c2c1-c1cc(Cl)ccc1OC2. The fraction of sp³-hybridized carbons (Fsp3) is 0.179. The van der Waals surface area contributed by atoms with E-state index < -0.39 is 40.6 Å². The average molecular weight is 572 g/mol. The lowest BCUT2D eigenvalue weighted by atomic mass is 10.0. The molecule has 206 valence electrons.